The van der Waals surface area contributed by atoms with Crippen LogP contribution < -0.4 is 4.74 Å². The van der Waals surface area contributed by atoms with Crippen LogP contribution in [0.1, 0.15) is 28.7 Å². The number of rotatable bonds is 7. The zero-order valence-corrected chi connectivity index (χ0v) is 17.2. The van der Waals surface area contributed by atoms with E-state index in [1.165, 1.54) is 23.9 Å². The maximum absolute atomic E-state index is 12.9. The van der Waals surface area contributed by atoms with Gasteiger partial charge in [0.15, 0.2) is 0 Å². The van der Waals surface area contributed by atoms with Crippen LogP contribution >= 0.6 is 11.8 Å². The van der Waals surface area contributed by atoms with Crippen LogP contribution in [0.2, 0.25) is 0 Å². The number of amides is 1. The second-order valence-electron chi connectivity index (χ2n) is 7.09. The van der Waals surface area contributed by atoms with Crippen LogP contribution in [0.25, 0.3) is 0 Å². The first-order valence-electron chi connectivity index (χ1n) is 9.74. The van der Waals surface area contributed by atoms with Gasteiger partial charge in [-0.15, -0.1) is 11.8 Å². The minimum absolute atomic E-state index is 0.0682. The van der Waals surface area contributed by atoms with Crippen molar-refractivity contribution in [3.63, 3.8) is 0 Å². The number of carbonyl (C=O) groups is 1. The average molecular weight is 447 g/mol. The number of imidazole rings is 1. The Morgan fingerprint density at radius 2 is 1.94 bits per heavy atom. The predicted molar refractivity (Wildman–Crippen MR) is 112 cm³/mol. The maximum atomic E-state index is 12.9. The summed E-state index contributed by atoms with van der Waals surface area (Å²) < 4.78 is 44.5. The third kappa shape index (κ3) is 5.22. The van der Waals surface area contributed by atoms with Gasteiger partial charge in [-0.05, 0) is 42.3 Å². The Hall–Kier alpha value is -2.94. The van der Waals surface area contributed by atoms with Gasteiger partial charge in [-0.2, -0.15) is 13.2 Å². The van der Waals surface area contributed by atoms with Crippen LogP contribution in [0.4, 0.5) is 13.2 Å². The molecule has 1 amide bonds. The predicted octanol–water partition coefficient (Wildman–Crippen LogP) is 5.43. The van der Waals surface area contributed by atoms with Gasteiger partial charge in [0.05, 0.1) is 11.3 Å². The number of alkyl halides is 3. The number of benzene rings is 2. The normalized spacial score (nSPS) is 16.7. The van der Waals surface area contributed by atoms with Crippen molar-refractivity contribution in [3.8, 4) is 11.5 Å². The van der Waals surface area contributed by atoms with E-state index in [1.807, 2.05) is 11.0 Å². The number of carbonyl (C=O) groups excluding carboxylic acids is 1. The van der Waals surface area contributed by atoms with Gasteiger partial charge in [0.25, 0.3) is 0 Å². The maximum Gasteiger partial charge on any atom is 0.416 e. The summed E-state index contributed by atoms with van der Waals surface area (Å²) >= 11 is 1.53. The fraction of sp³-hybridized carbons (Fsp3) is 0.273. The van der Waals surface area contributed by atoms with E-state index in [0.29, 0.717) is 18.0 Å². The van der Waals surface area contributed by atoms with Crippen molar-refractivity contribution in [2.75, 3.05) is 12.3 Å². The highest BCUT2D eigenvalue weighted by molar-refractivity contribution is 8.00. The lowest BCUT2D eigenvalue weighted by Crippen LogP contribution is -2.29. The lowest BCUT2D eigenvalue weighted by Gasteiger charge is -2.24. The highest BCUT2D eigenvalue weighted by Crippen LogP contribution is 2.40. The first-order chi connectivity index (χ1) is 14.9. The van der Waals surface area contributed by atoms with E-state index in [1.54, 1.807) is 30.6 Å². The van der Waals surface area contributed by atoms with Crippen LogP contribution in [0.15, 0.2) is 60.9 Å². The number of nitrogens with one attached hydrogen (secondary N) is 1. The molecule has 162 valence electrons. The number of H-pyrrole nitrogens is 1. The molecule has 1 atom stereocenters. The minimum Gasteiger partial charge on any atom is -0.457 e. The summed E-state index contributed by atoms with van der Waals surface area (Å²) in [6.07, 6.45) is 0.553. The van der Waals surface area contributed by atoms with Crippen molar-refractivity contribution in [1.82, 2.24) is 14.9 Å². The Balaban J connectivity index is 1.46. The summed E-state index contributed by atoms with van der Waals surface area (Å²) in [7, 11) is 0. The second kappa shape index (κ2) is 9.05. The van der Waals surface area contributed by atoms with E-state index in [-0.39, 0.29) is 17.0 Å². The summed E-state index contributed by atoms with van der Waals surface area (Å²) in [4.78, 5) is 21.5. The largest absolute Gasteiger partial charge is 0.457 e. The Kier molecular flexibility index (Phi) is 6.22. The van der Waals surface area contributed by atoms with Gasteiger partial charge in [-0.3, -0.25) is 4.79 Å². The monoisotopic (exact) mass is 447 g/mol. The molecule has 0 bridgehead atoms. The highest BCUT2D eigenvalue weighted by atomic mass is 32.2. The lowest BCUT2D eigenvalue weighted by atomic mass is 10.1. The van der Waals surface area contributed by atoms with Crippen LogP contribution in [-0.4, -0.2) is 33.1 Å². The number of aromatic nitrogens is 2. The molecule has 1 saturated heterocycles. The van der Waals surface area contributed by atoms with Gasteiger partial charge in [0, 0.05) is 25.4 Å². The van der Waals surface area contributed by atoms with E-state index < -0.39 is 11.7 Å². The smallest absolute Gasteiger partial charge is 0.416 e. The third-order valence-electron chi connectivity index (χ3n) is 4.88. The summed E-state index contributed by atoms with van der Waals surface area (Å²) in [5.74, 6) is 1.88. The molecular formula is C22H20F3N3O2S. The molecule has 3 aromatic rings. The Labute approximate surface area is 181 Å². The van der Waals surface area contributed by atoms with Gasteiger partial charge in [0.1, 0.15) is 22.7 Å². The Bertz CT molecular complexity index is 1040. The first-order valence-corrected chi connectivity index (χ1v) is 10.8. The Morgan fingerprint density at radius 1 is 1.16 bits per heavy atom. The van der Waals surface area contributed by atoms with Crippen molar-refractivity contribution in [2.45, 2.75) is 24.4 Å². The van der Waals surface area contributed by atoms with Crippen molar-refractivity contribution < 1.29 is 22.7 Å². The van der Waals surface area contributed by atoms with E-state index >= 15 is 0 Å². The number of ether oxygens (including phenoxy) is 1. The first kappa shape index (κ1) is 21.3. The molecule has 2 aromatic carbocycles. The van der Waals surface area contributed by atoms with E-state index in [9.17, 15) is 18.0 Å². The van der Waals surface area contributed by atoms with E-state index in [0.717, 1.165) is 36.4 Å². The zero-order chi connectivity index (χ0) is 21.8. The molecule has 1 unspecified atom stereocenters. The number of aryl methyl sites for hydroxylation is 1. The second-order valence-corrected chi connectivity index (χ2v) is 8.16. The molecule has 5 nitrogen and oxygen atoms in total. The molecule has 0 spiro atoms. The Morgan fingerprint density at radius 3 is 2.68 bits per heavy atom. The number of thioether (sulfide) groups is 1. The molecule has 1 N–H and O–H groups in total. The molecular weight excluding hydrogens is 427 g/mol. The van der Waals surface area contributed by atoms with Gasteiger partial charge >= 0.3 is 6.18 Å². The van der Waals surface area contributed by atoms with Crippen molar-refractivity contribution in [3.05, 3.63) is 77.9 Å². The molecule has 1 fully saturated rings. The van der Waals surface area contributed by atoms with Gasteiger partial charge in [0.2, 0.25) is 5.91 Å². The number of aromatic amines is 1. The lowest BCUT2D eigenvalue weighted by molar-refractivity contribution is -0.137. The fourth-order valence-corrected chi connectivity index (χ4v) is 4.64. The molecule has 1 aliphatic heterocycles. The zero-order valence-electron chi connectivity index (χ0n) is 16.4. The SMILES string of the molecule is O=C1CSC(c2cccc(Oc3cccc(C(F)(F)F)c3)c2)N1CCCc1ncc[nH]1. The number of halogens is 3. The highest BCUT2D eigenvalue weighted by Gasteiger charge is 2.33. The molecule has 1 aromatic heterocycles. The van der Waals surface area contributed by atoms with Crippen LogP contribution in [0.5, 0.6) is 11.5 Å². The van der Waals surface area contributed by atoms with Crippen LogP contribution in [-0.2, 0) is 17.4 Å². The van der Waals surface area contributed by atoms with Crippen molar-refractivity contribution in [2.24, 2.45) is 0 Å². The number of nitrogens with zero attached hydrogens (tertiary/aromatic N) is 2. The molecule has 0 radical (unpaired) electrons. The van der Waals surface area contributed by atoms with Crippen LogP contribution in [0, 0.1) is 0 Å². The summed E-state index contributed by atoms with van der Waals surface area (Å²) in [6, 6.07) is 11.9. The molecule has 4 rings (SSSR count). The molecule has 1 aliphatic rings. The third-order valence-corrected chi connectivity index (χ3v) is 6.13. The van der Waals surface area contributed by atoms with Crippen molar-refractivity contribution >= 4 is 17.7 Å². The minimum atomic E-state index is -4.43. The standard InChI is InChI=1S/C22H20F3N3O2S/c23-22(24,25)16-5-2-7-18(13-16)30-17-6-1-4-15(12-17)21-28(20(29)14-31-21)11-3-8-19-26-9-10-27-19/h1-2,4-7,9-10,12-13,21H,3,8,11,14H2,(H,26,27). The summed E-state index contributed by atoms with van der Waals surface area (Å²) in [6.45, 7) is 0.593. The molecule has 2 heterocycles. The molecule has 9 heteroatoms. The van der Waals surface area contributed by atoms with Crippen LogP contribution in [0.3, 0.4) is 0 Å². The summed E-state index contributed by atoms with van der Waals surface area (Å²) in [5, 5.41) is -0.158. The molecule has 31 heavy (non-hydrogen) atoms. The summed E-state index contributed by atoms with van der Waals surface area (Å²) in [5.41, 5.74) is 0.110. The van der Waals surface area contributed by atoms with E-state index in [2.05, 4.69) is 9.97 Å². The van der Waals surface area contributed by atoms with Crippen molar-refractivity contribution in [1.29, 1.82) is 0 Å². The number of hydrogen-bond acceptors (Lipinski definition) is 4. The average Bonchev–Trinajstić information content (AvgIpc) is 3.38. The van der Waals surface area contributed by atoms with E-state index in [4.69, 9.17) is 4.74 Å². The van der Waals surface area contributed by atoms with Gasteiger partial charge in [-0.25, -0.2) is 4.98 Å². The van der Waals surface area contributed by atoms with Gasteiger partial charge in [-0.1, -0.05) is 18.2 Å². The fourth-order valence-electron chi connectivity index (χ4n) is 3.43. The molecule has 0 saturated carbocycles. The van der Waals surface area contributed by atoms with Gasteiger partial charge < -0.3 is 14.6 Å². The topological polar surface area (TPSA) is 58.2 Å². The quantitative estimate of drug-likeness (QED) is 0.525. The molecule has 0 aliphatic carbocycles. The number of hydrogen-bond donors (Lipinski definition) is 1.